The van der Waals surface area contributed by atoms with Gasteiger partial charge < -0.3 is 9.47 Å². The second-order valence-electron chi connectivity index (χ2n) is 6.54. The lowest BCUT2D eigenvalue weighted by atomic mass is 10.1. The van der Waals surface area contributed by atoms with Gasteiger partial charge in [-0.05, 0) is 49.8 Å². The maximum Gasteiger partial charge on any atom is 0.343 e. The number of esters is 1. The summed E-state index contributed by atoms with van der Waals surface area (Å²) in [7, 11) is 0. The Balaban J connectivity index is 1.61. The van der Waals surface area contributed by atoms with Crippen LogP contribution in [0.5, 0.6) is 11.5 Å². The summed E-state index contributed by atoms with van der Waals surface area (Å²) < 4.78 is 11.3. The molecule has 3 aromatic rings. The van der Waals surface area contributed by atoms with Crippen molar-refractivity contribution in [1.82, 2.24) is 4.98 Å². The summed E-state index contributed by atoms with van der Waals surface area (Å²) in [4.78, 5) is 28.8. The van der Waals surface area contributed by atoms with Gasteiger partial charge in [-0.1, -0.05) is 29.8 Å². The Hall–Kier alpha value is -3.73. The Kier molecular flexibility index (Phi) is 4.49. The van der Waals surface area contributed by atoms with E-state index in [0.717, 1.165) is 11.1 Å². The van der Waals surface area contributed by atoms with E-state index < -0.39 is 5.97 Å². The van der Waals surface area contributed by atoms with Crippen molar-refractivity contribution in [3.63, 3.8) is 0 Å². The van der Waals surface area contributed by atoms with Gasteiger partial charge in [0, 0.05) is 18.0 Å². The number of nitrogens with zero attached hydrogens (tertiary/aromatic N) is 1. The Labute approximate surface area is 162 Å². The highest BCUT2D eigenvalue weighted by Gasteiger charge is 2.30. The van der Waals surface area contributed by atoms with Crippen LogP contribution in [0, 0.1) is 13.8 Å². The zero-order valence-corrected chi connectivity index (χ0v) is 15.4. The van der Waals surface area contributed by atoms with E-state index in [9.17, 15) is 9.59 Å². The first-order chi connectivity index (χ1) is 13.5. The average molecular weight is 371 g/mol. The molecular weight excluding hydrogens is 354 g/mol. The van der Waals surface area contributed by atoms with E-state index in [1.54, 1.807) is 37.3 Å². The zero-order chi connectivity index (χ0) is 19.7. The Morgan fingerprint density at radius 1 is 1.00 bits per heavy atom. The molecule has 1 aromatic heterocycles. The molecule has 0 radical (unpaired) electrons. The third-order valence-electron chi connectivity index (χ3n) is 4.53. The number of carbonyl (C=O) groups is 2. The molecule has 2 heterocycles. The predicted molar refractivity (Wildman–Crippen MR) is 104 cm³/mol. The predicted octanol–water partition coefficient (Wildman–Crippen LogP) is 4.53. The van der Waals surface area contributed by atoms with Crippen molar-refractivity contribution in [1.29, 1.82) is 0 Å². The lowest BCUT2D eigenvalue weighted by Gasteiger charge is -2.10. The van der Waals surface area contributed by atoms with Crippen molar-refractivity contribution in [2.24, 2.45) is 0 Å². The van der Waals surface area contributed by atoms with E-state index in [4.69, 9.17) is 9.47 Å². The minimum absolute atomic E-state index is 0.189. The molecule has 138 valence electrons. The van der Waals surface area contributed by atoms with Crippen molar-refractivity contribution in [2.75, 3.05) is 0 Å². The minimum atomic E-state index is -0.495. The molecule has 0 saturated carbocycles. The van der Waals surface area contributed by atoms with Gasteiger partial charge in [0.05, 0.1) is 11.1 Å². The third-order valence-corrected chi connectivity index (χ3v) is 4.53. The number of fused-ring (bicyclic) bond motifs is 1. The normalized spacial score (nSPS) is 13.9. The number of aromatic nitrogens is 1. The van der Waals surface area contributed by atoms with Crippen molar-refractivity contribution in [2.45, 2.75) is 13.8 Å². The number of hydrogen-bond donors (Lipinski definition) is 0. The van der Waals surface area contributed by atoms with Crippen LogP contribution >= 0.6 is 0 Å². The lowest BCUT2D eigenvalue weighted by Crippen LogP contribution is -2.09. The maximum atomic E-state index is 12.7. The molecule has 2 aromatic carbocycles. The number of carbonyl (C=O) groups excluding carboxylic acids is 2. The molecule has 5 heteroatoms. The summed E-state index contributed by atoms with van der Waals surface area (Å²) in [5.41, 5.74) is 3.47. The van der Waals surface area contributed by atoms with Crippen molar-refractivity contribution in [3.05, 3.63) is 94.5 Å². The lowest BCUT2D eigenvalue weighted by molar-refractivity contribution is 0.0733. The van der Waals surface area contributed by atoms with Crippen molar-refractivity contribution < 1.29 is 19.1 Å². The first-order valence-electron chi connectivity index (χ1n) is 8.79. The molecule has 0 unspecified atom stereocenters. The monoisotopic (exact) mass is 371 g/mol. The highest BCUT2D eigenvalue weighted by atomic mass is 16.5. The summed E-state index contributed by atoms with van der Waals surface area (Å²) >= 11 is 0. The first kappa shape index (κ1) is 17.7. The van der Waals surface area contributed by atoms with E-state index in [1.165, 1.54) is 12.4 Å². The summed E-state index contributed by atoms with van der Waals surface area (Å²) in [5, 5.41) is 0. The Morgan fingerprint density at radius 3 is 2.43 bits per heavy atom. The molecule has 1 aliphatic heterocycles. The molecule has 0 saturated heterocycles. The average Bonchev–Trinajstić information content (AvgIpc) is 3.03. The molecule has 0 spiro atoms. The van der Waals surface area contributed by atoms with Crippen LogP contribution in [-0.2, 0) is 0 Å². The van der Waals surface area contributed by atoms with Crippen LogP contribution in [0.4, 0.5) is 0 Å². The summed E-state index contributed by atoms with van der Waals surface area (Å²) in [5.74, 6) is 0.337. The molecule has 5 nitrogen and oxygen atoms in total. The minimum Gasteiger partial charge on any atom is -0.452 e. The Morgan fingerprint density at radius 2 is 1.71 bits per heavy atom. The highest BCUT2D eigenvalue weighted by molar-refractivity contribution is 6.15. The second-order valence-corrected chi connectivity index (χ2v) is 6.54. The molecule has 0 fully saturated rings. The van der Waals surface area contributed by atoms with E-state index in [2.05, 4.69) is 4.98 Å². The topological polar surface area (TPSA) is 65.5 Å². The van der Waals surface area contributed by atoms with Gasteiger partial charge in [-0.2, -0.15) is 0 Å². The number of rotatable bonds is 3. The molecule has 0 bridgehead atoms. The largest absolute Gasteiger partial charge is 0.452 e. The van der Waals surface area contributed by atoms with Crippen LogP contribution < -0.4 is 9.47 Å². The van der Waals surface area contributed by atoms with Crippen molar-refractivity contribution in [3.8, 4) is 11.5 Å². The van der Waals surface area contributed by atoms with Gasteiger partial charge in [-0.3, -0.25) is 9.78 Å². The molecule has 28 heavy (non-hydrogen) atoms. The zero-order valence-electron chi connectivity index (χ0n) is 15.4. The number of pyridine rings is 1. The summed E-state index contributed by atoms with van der Waals surface area (Å²) in [6.07, 6.45) is 4.76. The number of allylic oxidation sites excluding steroid dienone is 1. The van der Waals surface area contributed by atoms with Gasteiger partial charge in [0.1, 0.15) is 11.5 Å². The van der Waals surface area contributed by atoms with Crippen LogP contribution in [-0.4, -0.2) is 16.7 Å². The van der Waals surface area contributed by atoms with Gasteiger partial charge in [0.2, 0.25) is 5.78 Å². The summed E-state index contributed by atoms with van der Waals surface area (Å²) in [6, 6.07) is 14.2. The van der Waals surface area contributed by atoms with Gasteiger partial charge in [-0.15, -0.1) is 0 Å². The van der Waals surface area contributed by atoms with Gasteiger partial charge in [0.15, 0.2) is 5.76 Å². The first-order valence-corrected chi connectivity index (χ1v) is 8.79. The van der Waals surface area contributed by atoms with Crippen molar-refractivity contribution >= 4 is 17.8 Å². The number of ether oxygens (including phenoxy) is 2. The van der Waals surface area contributed by atoms with Gasteiger partial charge in [0.25, 0.3) is 0 Å². The van der Waals surface area contributed by atoms with Gasteiger partial charge >= 0.3 is 5.97 Å². The van der Waals surface area contributed by atoms with Crippen LogP contribution in [0.15, 0.2) is 66.7 Å². The highest BCUT2D eigenvalue weighted by Crippen LogP contribution is 2.39. The molecule has 1 aliphatic rings. The second kappa shape index (κ2) is 7.12. The number of benzene rings is 2. The van der Waals surface area contributed by atoms with E-state index in [0.29, 0.717) is 28.2 Å². The number of aryl methyl sites for hydroxylation is 1. The standard InChI is InChI=1S/C23H17NO4/c1-14-3-5-16(6-4-14)13-20-21(25)18-7-8-19(15(2)22(18)27-20)28-23(26)17-9-11-24-12-10-17/h3-13H,1-2H3/b20-13-. The van der Waals surface area contributed by atoms with E-state index in [1.807, 2.05) is 31.2 Å². The quantitative estimate of drug-likeness (QED) is 0.384. The van der Waals surface area contributed by atoms with E-state index >= 15 is 0 Å². The molecule has 0 N–H and O–H groups in total. The SMILES string of the molecule is Cc1ccc(/C=C2\Oc3c(ccc(OC(=O)c4ccncc4)c3C)C2=O)cc1. The molecule has 0 atom stereocenters. The number of hydrogen-bond acceptors (Lipinski definition) is 5. The third kappa shape index (κ3) is 3.30. The van der Waals surface area contributed by atoms with E-state index in [-0.39, 0.29) is 11.5 Å². The summed E-state index contributed by atoms with van der Waals surface area (Å²) in [6.45, 7) is 3.76. The number of ketones is 1. The fourth-order valence-corrected chi connectivity index (χ4v) is 2.94. The van der Waals surface area contributed by atoms with Crippen LogP contribution in [0.25, 0.3) is 6.08 Å². The fraction of sp³-hybridized carbons (Fsp3) is 0.0870. The van der Waals surface area contributed by atoms with Gasteiger partial charge in [-0.25, -0.2) is 4.79 Å². The fourth-order valence-electron chi connectivity index (χ4n) is 2.94. The maximum absolute atomic E-state index is 12.7. The molecule has 0 amide bonds. The van der Waals surface area contributed by atoms with Crippen LogP contribution in [0.2, 0.25) is 0 Å². The number of Topliss-reactive ketones (excluding diaryl/α,β-unsaturated/α-hetero) is 1. The molecule has 0 aliphatic carbocycles. The molecular formula is C23H17NO4. The van der Waals surface area contributed by atoms with Crippen LogP contribution in [0.1, 0.15) is 37.4 Å². The molecule has 4 rings (SSSR count). The Bertz CT molecular complexity index is 1100. The smallest absolute Gasteiger partial charge is 0.343 e. The van der Waals surface area contributed by atoms with Crippen LogP contribution in [0.3, 0.4) is 0 Å².